The maximum absolute atomic E-state index is 7.50. The Labute approximate surface area is 316 Å². The molecule has 0 bridgehead atoms. The maximum Gasteiger partial charge on any atom is 0.301 e. The first-order valence-electron chi connectivity index (χ1n) is 15.5. The average molecular weight is 784 g/mol. The summed E-state index contributed by atoms with van der Waals surface area (Å²) in [5.41, 5.74) is 0. The van der Waals surface area contributed by atoms with Crippen LogP contribution >= 0.6 is 14.1 Å². The number of hydrogen-bond acceptors (Lipinski definition) is 0. The first-order chi connectivity index (χ1) is 24.8. The van der Waals surface area contributed by atoms with E-state index in [-0.39, 0.29) is 21.1 Å². The first kappa shape index (κ1) is 42.4. The molecule has 6 aromatic rings. The smallest absolute Gasteiger partial charge is 0.148 e. The third kappa shape index (κ3) is 10.4. The van der Waals surface area contributed by atoms with Crippen molar-refractivity contribution in [3.8, 4) is 0 Å². The summed E-state index contributed by atoms with van der Waals surface area (Å²) in [6.07, 6.45) is 10.0. The van der Waals surface area contributed by atoms with Gasteiger partial charge in [-0.15, -0.1) is 4.17 Å². The van der Waals surface area contributed by atoms with Crippen LogP contribution in [0.25, 0.3) is 0 Å². The van der Waals surface area contributed by atoms with Gasteiger partial charge in [0.05, 0.1) is 31.8 Å². The van der Waals surface area contributed by atoms with Crippen LogP contribution in [0.15, 0.2) is 206 Å². The van der Waals surface area contributed by atoms with E-state index in [0.29, 0.717) is 0 Å². The summed E-state index contributed by atoms with van der Waals surface area (Å²) in [7, 11) is -4.99. The molecule has 0 aromatic heterocycles. The van der Waals surface area contributed by atoms with Gasteiger partial charge >= 0.3 is 48.0 Å². The molecule has 0 spiro atoms. The van der Waals surface area contributed by atoms with Crippen molar-refractivity contribution in [1.29, 1.82) is 0 Å². The second kappa shape index (κ2) is 23.6. The molecule has 1 radical (unpaired) electrons. The molecule has 0 saturated carbocycles. The molecule has 0 unspecified atom stereocenters. The second-order valence-corrected chi connectivity index (χ2v) is 16.7. The Bertz CT molecular complexity index is 1750. The molecule has 1 aliphatic carbocycles. The molecule has 1 aliphatic rings. The van der Waals surface area contributed by atoms with Gasteiger partial charge in [0, 0.05) is 27.5 Å². The molecule has 0 saturated heterocycles. The second-order valence-electron chi connectivity index (χ2n) is 10.3. The van der Waals surface area contributed by atoms with Crippen LogP contribution in [0.4, 0.5) is 0 Å². The quantitative estimate of drug-likeness (QED) is 0.0549. The van der Waals surface area contributed by atoms with Crippen LogP contribution in [0.3, 0.4) is 0 Å². The number of rotatable bonds is 6. The van der Waals surface area contributed by atoms with Crippen LogP contribution in [0.1, 0.15) is 0 Å². The van der Waals surface area contributed by atoms with E-state index in [9.17, 15) is 0 Å². The molecule has 249 valence electrons. The minimum atomic E-state index is -2.50. The van der Waals surface area contributed by atoms with E-state index in [1.165, 1.54) is 31.8 Å². The molecule has 0 atom stereocenters. The van der Waals surface area contributed by atoms with E-state index in [2.05, 4.69) is 202 Å². The van der Waals surface area contributed by atoms with E-state index < -0.39 is 14.1 Å². The molecule has 0 heterocycles. The van der Waals surface area contributed by atoms with Crippen molar-refractivity contribution in [3.63, 3.8) is 0 Å². The number of allylic oxidation sites excluding steroid dienone is 4. The Morgan fingerprint density at radius 2 is 0.471 bits per heavy atom. The predicted octanol–water partition coefficient (Wildman–Crippen LogP) is 7.61. The van der Waals surface area contributed by atoms with Crippen LogP contribution in [0.5, 0.6) is 0 Å². The Hall–Kier alpha value is -4.72. The number of nitrogens with zero attached hydrogens (tertiary/aromatic N) is 1. The Morgan fingerprint density at radius 1 is 0.294 bits per heavy atom. The van der Waals surface area contributed by atoms with Gasteiger partial charge in [-0.2, -0.15) is 0 Å². The Kier molecular flexibility index (Phi) is 19.7. The third-order valence-corrected chi connectivity index (χ3v) is 16.0. The van der Waals surface area contributed by atoms with Crippen LogP contribution in [-0.2, 0) is 35.0 Å². The number of hydrogen-bond donors (Lipinski definition) is 0. The van der Waals surface area contributed by atoms with Crippen LogP contribution in [0, 0.1) is 26.4 Å². The van der Waals surface area contributed by atoms with Gasteiger partial charge in [-0.1, -0.05) is 133 Å². The van der Waals surface area contributed by atoms with Gasteiger partial charge < -0.3 is 0 Å². The van der Waals surface area contributed by atoms with Gasteiger partial charge in [-0.05, 0) is 72.8 Å². The molecule has 51 heavy (non-hydrogen) atoms. The standard InChI is InChI=1S/C36H30NP2.C5H5.3CO.Mo/c1-7-19-31(20-8-1)38(32-21-9-2-10-22-32,33-23-11-3-12-24-33)37-39(34-25-13-4-14-26-34,35-27-15-5-16-28-35)36-29-17-6-18-30-36;1-2-4-5-3-1;3*1-2;/h1-30H;1-5H;;;;/q+1;;;;;. The fourth-order valence-electron chi connectivity index (χ4n) is 5.59. The normalized spacial score (nSPS) is 10.6. The van der Waals surface area contributed by atoms with Crippen LogP contribution in [-0.4, -0.2) is 0 Å². The zero-order valence-corrected chi connectivity index (χ0v) is 31.5. The Balaban J connectivity index is 0.000000665. The predicted molar refractivity (Wildman–Crippen MR) is 207 cm³/mol. The van der Waals surface area contributed by atoms with Crippen molar-refractivity contribution in [2.24, 2.45) is 0 Å². The van der Waals surface area contributed by atoms with E-state index in [0.717, 1.165) is 0 Å². The summed E-state index contributed by atoms with van der Waals surface area (Å²) in [5, 5.41) is 7.55. The molecule has 7 heteroatoms. The summed E-state index contributed by atoms with van der Waals surface area (Å²) in [4.78, 5) is 0. The van der Waals surface area contributed by atoms with Crippen molar-refractivity contribution in [1.82, 2.24) is 4.17 Å². The minimum Gasteiger partial charge on any atom is -0.148 e. The third-order valence-electron chi connectivity index (χ3n) is 7.60. The molecule has 0 N–H and O–H groups in total. The number of benzene rings is 6. The zero-order chi connectivity index (χ0) is 35.9. The maximum atomic E-state index is 7.50. The fraction of sp³-hybridized carbons (Fsp3) is 0. The van der Waals surface area contributed by atoms with Gasteiger partial charge in [-0.3, -0.25) is 0 Å². The molecule has 0 fully saturated rings. The van der Waals surface area contributed by atoms with Gasteiger partial charge in [0.1, 0.15) is 0 Å². The largest absolute Gasteiger partial charge is 0.301 e. The monoisotopic (exact) mass is 785 g/mol. The Morgan fingerprint density at radius 3 is 0.608 bits per heavy atom. The van der Waals surface area contributed by atoms with Crippen LogP contribution < -0.4 is 36.0 Å². The van der Waals surface area contributed by atoms with Crippen molar-refractivity contribution in [2.75, 3.05) is 0 Å². The molecule has 0 aliphatic heterocycles. The summed E-state index contributed by atoms with van der Waals surface area (Å²) in [5.74, 6) is 0. The van der Waals surface area contributed by atoms with Crippen molar-refractivity contribution < 1.29 is 35.0 Å². The topological polar surface area (TPSA) is 73.8 Å². The van der Waals surface area contributed by atoms with E-state index in [4.69, 9.17) is 18.1 Å². The summed E-state index contributed by atoms with van der Waals surface area (Å²) >= 11 is 0. The van der Waals surface area contributed by atoms with Crippen molar-refractivity contribution in [3.05, 3.63) is 233 Å². The zero-order valence-electron chi connectivity index (χ0n) is 27.7. The first-order valence-corrected chi connectivity index (χ1v) is 19.0. The van der Waals surface area contributed by atoms with Crippen molar-refractivity contribution >= 4 is 45.9 Å². The van der Waals surface area contributed by atoms with Crippen molar-refractivity contribution in [2.45, 2.75) is 0 Å². The SMILES string of the molecule is [C-]#[O+].[C-]#[O+].[C-]#[O+].[CH]1C=CC=C1.[Mo].c1ccc(P(=[N+]=P(c2ccccc2)(c2ccccc2)c2ccccc2)(c2ccccc2)c2ccccc2)cc1. The van der Waals surface area contributed by atoms with E-state index in [1.807, 2.05) is 30.7 Å². The molecule has 6 aromatic carbocycles. The summed E-state index contributed by atoms with van der Waals surface area (Å²) < 4.78 is 28.9. The summed E-state index contributed by atoms with van der Waals surface area (Å²) in [6, 6.07) is 65.7. The molecule has 0 amide bonds. The molecule has 7 rings (SSSR count). The van der Waals surface area contributed by atoms with Gasteiger partial charge in [0.2, 0.25) is 0 Å². The average Bonchev–Trinajstić information content (AvgIpc) is 3.84. The van der Waals surface area contributed by atoms with E-state index in [1.54, 1.807) is 0 Å². The molecule has 4 nitrogen and oxygen atoms in total. The van der Waals surface area contributed by atoms with Gasteiger partial charge in [0.25, 0.3) is 0 Å². The fourth-order valence-corrected chi connectivity index (χ4v) is 15.1. The summed E-state index contributed by atoms with van der Waals surface area (Å²) in [6.45, 7) is 13.5. The van der Waals surface area contributed by atoms with E-state index >= 15 is 0 Å². The minimum absolute atomic E-state index is 0. The molecular weight excluding hydrogens is 748 g/mol. The van der Waals surface area contributed by atoms with Gasteiger partial charge in [-0.25, -0.2) is 0 Å². The van der Waals surface area contributed by atoms with Crippen LogP contribution in [0.2, 0.25) is 0 Å². The van der Waals surface area contributed by atoms with Gasteiger partial charge in [0.15, 0.2) is 0 Å². The molecular formula is C44H35MoNO3P2+.